The van der Waals surface area contributed by atoms with Crippen LogP contribution in [0.3, 0.4) is 0 Å². The molecule has 0 aromatic heterocycles. The summed E-state index contributed by atoms with van der Waals surface area (Å²) in [6, 6.07) is 1.16. The molecule has 0 unspecified atom stereocenters. The van der Waals surface area contributed by atoms with E-state index in [1.54, 1.807) is 0 Å². The first kappa shape index (κ1) is 16.7. The van der Waals surface area contributed by atoms with Gasteiger partial charge in [-0.3, -0.25) is 4.79 Å². The Morgan fingerprint density at radius 2 is 1.45 bits per heavy atom. The molecule has 1 nitrogen and oxygen atoms in total. The van der Waals surface area contributed by atoms with E-state index in [-0.39, 0.29) is 17.2 Å². The zero-order valence-electron chi connectivity index (χ0n) is 9.66. The minimum atomic E-state index is -6.19. The molecule has 0 bridgehead atoms. The number of carbonyl (C=O) groups is 1. The lowest BCUT2D eigenvalue weighted by molar-refractivity contribution is -0.348. The second-order valence-electron chi connectivity index (χ2n) is 3.96. The minimum absolute atomic E-state index is 0.240. The van der Waals surface area contributed by atoms with Crippen molar-refractivity contribution in [1.29, 1.82) is 0 Å². The highest BCUT2D eigenvalue weighted by molar-refractivity contribution is 6.67. The first-order valence-electron chi connectivity index (χ1n) is 4.95. The second-order valence-corrected chi connectivity index (χ2v) is 4.30. The van der Waals surface area contributed by atoms with Gasteiger partial charge in [-0.2, -0.15) is 26.3 Å². The van der Waals surface area contributed by atoms with E-state index in [0.29, 0.717) is 12.1 Å². The topological polar surface area (TPSA) is 17.1 Å². The average molecular weight is 323 g/mol. The number of rotatable bonds is 2. The van der Waals surface area contributed by atoms with Crippen LogP contribution in [0.4, 0.5) is 30.7 Å². The van der Waals surface area contributed by atoms with Crippen molar-refractivity contribution in [3.05, 3.63) is 34.9 Å². The van der Waals surface area contributed by atoms with E-state index in [4.69, 9.17) is 11.6 Å². The van der Waals surface area contributed by atoms with Crippen LogP contribution in [-0.4, -0.2) is 17.6 Å². The van der Waals surface area contributed by atoms with Gasteiger partial charge in [0.1, 0.15) is 0 Å². The zero-order valence-corrected chi connectivity index (χ0v) is 10.4. The molecule has 0 aliphatic heterocycles. The Hall–Kier alpha value is -1.31. The van der Waals surface area contributed by atoms with E-state index in [2.05, 4.69) is 0 Å². The molecule has 0 N–H and O–H groups in total. The molecule has 1 aromatic carbocycles. The molecule has 20 heavy (non-hydrogen) atoms. The largest absolute Gasteiger partial charge is 0.435 e. The Balaban J connectivity index is 3.54. The third-order valence-corrected chi connectivity index (χ3v) is 2.82. The van der Waals surface area contributed by atoms with Gasteiger partial charge in [-0.15, -0.1) is 0 Å². The lowest BCUT2D eigenvalue weighted by atomic mass is 9.91. The van der Waals surface area contributed by atoms with E-state index in [1.165, 1.54) is 0 Å². The highest BCUT2D eigenvalue weighted by atomic mass is 35.5. The van der Waals surface area contributed by atoms with E-state index >= 15 is 0 Å². The van der Waals surface area contributed by atoms with Gasteiger partial charge in [-0.25, -0.2) is 4.39 Å². The second kappa shape index (κ2) is 4.91. The molecule has 0 fully saturated rings. The van der Waals surface area contributed by atoms with Crippen molar-refractivity contribution in [1.82, 2.24) is 0 Å². The summed E-state index contributed by atoms with van der Waals surface area (Å²) >= 11 is 5.08. The van der Waals surface area contributed by atoms with E-state index < -0.39 is 28.8 Å². The number of hydrogen-bond donors (Lipinski definition) is 0. The van der Waals surface area contributed by atoms with E-state index in [0.717, 1.165) is 6.92 Å². The fourth-order valence-electron chi connectivity index (χ4n) is 1.59. The van der Waals surface area contributed by atoms with Gasteiger partial charge in [-0.1, -0.05) is 12.1 Å². The molecule has 0 saturated carbocycles. The van der Waals surface area contributed by atoms with Crippen LogP contribution in [0.25, 0.3) is 0 Å². The molecule has 1 rings (SSSR count). The Labute approximate surface area is 113 Å². The summed E-state index contributed by atoms with van der Waals surface area (Å²) in [4.78, 5) is 10.8. The fourth-order valence-corrected chi connectivity index (χ4v) is 1.80. The standard InChI is InChI=1S/C11H6ClF7O/c1-5-4-6(2-3-7(5)8(12)20)9(13,10(14,15)16)11(17,18)19/h2-4H,1H3. The summed E-state index contributed by atoms with van der Waals surface area (Å²) in [6.45, 7) is 1.05. The SMILES string of the molecule is Cc1cc(C(F)(C(F)(F)F)C(F)(F)F)ccc1C(=O)Cl. The van der Waals surface area contributed by atoms with Gasteiger partial charge in [0.05, 0.1) is 0 Å². The fraction of sp³-hybridized carbons (Fsp3) is 0.364. The van der Waals surface area contributed by atoms with Crippen molar-refractivity contribution >= 4 is 16.8 Å². The molecular formula is C11H6ClF7O. The Morgan fingerprint density at radius 3 is 1.75 bits per heavy atom. The smallest absolute Gasteiger partial charge is 0.276 e. The lowest BCUT2D eigenvalue weighted by Gasteiger charge is -2.30. The van der Waals surface area contributed by atoms with E-state index in [9.17, 15) is 35.5 Å². The third-order valence-electron chi connectivity index (χ3n) is 2.62. The molecule has 1 aromatic rings. The molecule has 0 aliphatic rings. The molecule has 0 radical (unpaired) electrons. The van der Waals surface area contributed by atoms with Gasteiger partial charge in [0, 0.05) is 11.1 Å². The summed E-state index contributed by atoms with van der Waals surface area (Å²) < 4.78 is 88.6. The first-order valence-corrected chi connectivity index (χ1v) is 5.33. The molecule has 0 amide bonds. The number of aryl methyl sites for hydroxylation is 1. The Kier molecular flexibility index (Phi) is 4.11. The van der Waals surface area contributed by atoms with Crippen molar-refractivity contribution in [2.45, 2.75) is 24.9 Å². The van der Waals surface area contributed by atoms with Crippen molar-refractivity contribution in [2.75, 3.05) is 0 Å². The molecule has 9 heteroatoms. The van der Waals surface area contributed by atoms with Gasteiger partial charge in [0.25, 0.3) is 5.24 Å². The lowest BCUT2D eigenvalue weighted by Crippen LogP contribution is -2.50. The van der Waals surface area contributed by atoms with Crippen LogP contribution in [0.15, 0.2) is 18.2 Å². The maximum absolute atomic E-state index is 13.7. The Bertz CT molecular complexity index is 519. The summed E-state index contributed by atoms with van der Waals surface area (Å²) in [5.74, 6) is 0. The quantitative estimate of drug-likeness (QED) is 0.571. The number of halogens is 8. The third kappa shape index (κ3) is 2.61. The average Bonchev–Trinajstić information content (AvgIpc) is 2.24. The number of hydrogen-bond acceptors (Lipinski definition) is 1. The van der Waals surface area contributed by atoms with Gasteiger partial charge in [0.2, 0.25) is 0 Å². The highest BCUT2D eigenvalue weighted by Crippen LogP contribution is 2.53. The molecule has 112 valence electrons. The van der Waals surface area contributed by atoms with Gasteiger partial charge < -0.3 is 0 Å². The number of benzene rings is 1. The minimum Gasteiger partial charge on any atom is -0.276 e. The van der Waals surface area contributed by atoms with Crippen LogP contribution in [-0.2, 0) is 5.67 Å². The maximum Gasteiger partial charge on any atom is 0.435 e. The van der Waals surface area contributed by atoms with Crippen LogP contribution < -0.4 is 0 Å². The van der Waals surface area contributed by atoms with Crippen LogP contribution in [0.5, 0.6) is 0 Å². The first-order chi connectivity index (χ1) is 8.82. The highest BCUT2D eigenvalue weighted by Gasteiger charge is 2.73. The molecule has 0 saturated heterocycles. The van der Waals surface area contributed by atoms with Gasteiger partial charge >= 0.3 is 18.0 Å². The van der Waals surface area contributed by atoms with Crippen molar-refractivity contribution in [3.8, 4) is 0 Å². The molecule has 0 heterocycles. The molecule has 0 aliphatic carbocycles. The van der Waals surface area contributed by atoms with E-state index in [1.807, 2.05) is 0 Å². The van der Waals surface area contributed by atoms with Crippen molar-refractivity contribution in [3.63, 3.8) is 0 Å². The normalized spacial score (nSPS) is 13.4. The molecule has 0 spiro atoms. The monoisotopic (exact) mass is 322 g/mol. The molecule has 0 atom stereocenters. The summed E-state index contributed by atoms with van der Waals surface area (Å²) in [7, 11) is 0. The van der Waals surface area contributed by atoms with Crippen molar-refractivity contribution in [2.24, 2.45) is 0 Å². The molecular weight excluding hydrogens is 317 g/mol. The van der Waals surface area contributed by atoms with Crippen molar-refractivity contribution < 1.29 is 35.5 Å². The van der Waals surface area contributed by atoms with Crippen LogP contribution >= 0.6 is 11.6 Å². The Morgan fingerprint density at radius 1 is 1.00 bits per heavy atom. The van der Waals surface area contributed by atoms with Crippen LogP contribution in [0.2, 0.25) is 0 Å². The zero-order chi connectivity index (χ0) is 15.9. The van der Waals surface area contributed by atoms with Crippen LogP contribution in [0.1, 0.15) is 21.5 Å². The van der Waals surface area contributed by atoms with Gasteiger partial charge in [0.15, 0.2) is 0 Å². The van der Waals surface area contributed by atoms with Gasteiger partial charge in [-0.05, 0) is 30.2 Å². The maximum atomic E-state index is 13.7. The summed E-state index contributed by atoms with van der Waals surface area (Å²) in [5.41, 5.74) is -7.77. The number of carbonyl (C=O) groups excluding carboxylic acids is 1. The number of alkyl halides is 7. The predicted molar refractivity (Wildman–Crippen MR) is 56.3 cm³/mol. The van der Waals surface area contributed by atoms with Crippen LogP contribution in [0, 0.1) is 6.92 Å². The summed E-state index contributed by atoms with van der Waals surface area (Å²) in [5, 5.41) is -1.07. The summed E-state index contributed by atoms with van der Waals surface area (Å²) in [6.07, 6.45) is -12.4. The predicted octanol–water partition coefficient (Wildman–Crippen LogP) is 4.66.